The lowest BCUT2D eigenvalue weighted by Crippen LogP contribution is -2.36. The van der Waals surface area contributed by atoms with Crippen molar-refractivity contribution >= 4 is 27.8 Å². The molecule has 5 rings (SSSR count). The average molecular weight is 510 g/mol. The maximum atomic E-state index is 12.7. The molecular formula is C29H29F2NO5. The van der Waals surface area contributed by atoms with Crippen molar-refractivity contribution in [2.75, 3.05) is 6.61 Å². The maximum Gasteiger partial charge on any atom is 0.345 e. The van der Waals surface area contributed by atoms with Gasteiger partial charge in [-0.3, -0.25) is 0 Å². The lowest BCUT2D eigenvalue weighted by Gasteiger charge is -2.36. The second kappa shape index (κ2) is 9.74. The van der Waals surface area contributed by atoms with Crippen molar-refractivity contribution in [3.05, 3.63) is 59.2 Å². The van der Waals surface area contributed by atoms with Gasteiger partial charge in [-0.2, -0.15) is 8.78 Å². The van der Waals surface area contributed by atoms with E-state index >= 15 is 0 Å². The number of carboxylic acids is 1. The van der Waals surface area contributed by atoms with E-state index < -0.39 is 18.2 Å². The van der Waals surface area contributed by atoms with Crippen LogP contribution in [0.4, 0.5) is 8.78 Å². The van der Waals surface area contributed by atoms with Gasteiger partial charge in [-0.05, 0) is 76.1 Å². The molecule has 8 heteroatoms. The number of hydrogen-bond acceptors (Lipinski definition) is 5. The molecular weight excluding hydrogens is 480 g/mol. The van der Waals surface area contributed by atoms with Crippen molar-refractivity contribution in [1.29, 1.82) is 0 Å². The molecule has 1 saturated carbocycles. The Hall–Kier alpha value is -3.52. The molecule has 1 N–H and O–H groups in total. The minimum absolute atomic E-state index is 0.0834. The number of aryl methyl sites for hydroxylation is 2. The standard InChI is InChI=1S/C29H29F2NO5/c1-16-8-9-23(35-15-18-10-12-29(3,13-11-18)37-28(30)31)24-20(27(33)34)14-21(32-25(16)24)26-17(2)19-6-4-5-7-22(19)36-26/h4-9,14,18,28H,10-13,15H2,1-3H3,(H,33,34)/t18-,29-. The molecule has 0 aliphatic heterocycles. The number of aromatic carboxylic acids is 1. The zero-order valence-electron chi connectivity index (χ0n) is 21.0. The number of hydrogen-bond donors (Lipinski definition) is 1. The Bertz CT molecular complexity index is 1470. The molecule has 1 aliphatic carbocycles. The summed E-state index contributed by atoms with van der Waals surface area (Å²) in [6, 6.07) is 12.8. The number of halogens is 2. The minimum atomic E-state index is -2.79. The first-order valence-corrected chi connectivity index (χ1v) is 12.4. The zero-order chi connectivity index (χ0) is 26.3. The third-order valence-electron chi connectivity index (χ3n) is 7.44. The predicted octanol–water partition coefficient (Wildman–Crippen LogP) is 7.53. The predicted molar refractivity (Wildman–Crippen MR) is 136 cm³/mol. The molecule has 0 saturated heterocycles. The SMILES string of the molecule is Cc1c(-c2cc(C(=O)O)c3c(OC[C@H]4CC[C@](C)(OC(F)F)CC4)ccc(C)c3n2)oc2ccccc12. The van der Waals surface area contributed by atoms with Gasteiger partial charge >= 0.3 is 12.6 Å². The van der Waals surface area contributed by atoms with Crippen molar-refractivity contribution in [3.8, 4) is 17.2 Å². The van der Waals surface area contributed by atoms with Crippen molar-refractivity contribution in [2.45, 2.75) is 58.7 Å². The highest BCUT2D eigenvalue weighted by molar-refractivity contribution is 6.07. The van der Waals surface area contributed by atoms with Crippen LogP contribution in [0, 0.1) is 19.8 Å². The molecule has 2 aromatic heterocycles. The lowest BCUT2D eigenvalue weighted by atomic mass is 9.80. The van der Waals surface area contributed by atoms with E-state index in [9.17, 15) is 18.7 Å². The zero-order valence-corrected chi connectivity index (χ0v) is 21.0. The number of pyridine rings is 1. The second-order valence-corrected chi connectivity index (χ2v) is 10.1. The third-order valence-corrected chi connectivity index (χ3v) is 7.44. The Morgan fingerprint density at radius 1 is 1.19 bits per heavy atom. The molecule has 2 heterocycles. The van der Waals surface area contributed by atoms with Crippen LogP contribution in [0.25, 0.3) is 33.3 Å². The largest absolute Gasteiger partial charge is 0.493 e. The number of nitrogens with zero attached hydrogens (tertiary/aromatic N) is 1. The Balaban J connectivity index is 1.47. The fourth-order valence-corrected chi connectivity index (χ4v) is 5.26. The first-order valence-electron chi connectivity index (χ1n) is 12.4. The number of carbonyl (C=O) groups is 1. The second-order valence-electron chi connectivity index (χ2n) is 10.1. The quantitative estimate of drug-likeness (QED) is 0.277. The molecule has 0 spiro atoms. The van der Waals surface area contributed by atoms with Crippen LogP contribution in [-0.2, 0) is 4.74 Å². The van der Waals surface area contributed by atoms with E-state index in [-0.39, 0.29) is 11.5 Å². The summed E-state index contributed by atoms with van der Waals surface area (Å²) in [5.74, 6) is 0.0444. The summed E-state index contributed by atoms with van der Waals surface area (Å²) in [5, 5.41) is 11.5. The van der Waals surface area contributed by atoms with Crippen LogP contribution in [0.15, 0.2) is 46.9 Å². The van der Waals surface area contributed by atoms with Crippen LogP contribution in [0.3, 0.4) is 0 Å². The van der Waals surface area contributed by atoms with Gasteiger partial charge in [-0.15, -0.1) is 0 Å². The van der Waals surface area contributed by atoms with Gasteiger partial charge in [0.1, 0.15) is 17.0 Å². The number of alkyl halides is 2. The van der Waals surface area contributed by atoms with Crippen molar-refractivity contribution in [3.63, 3.8) is 0 Å². The van der Waals surface area contributed by atoms with Gasteiger partial charge in [0.05, 0.1) is 28.7 Å². The number of aromatic nitrogens is 1. The van der Waals surface area contributed by atoms with E-state index in [2.05, 4.69) is 0 Å². The van der Waals surface area contributed by atoms with Crippen LogP contribution in [0.2, 0.25) is 0 Å². The summed E-state index contributed by atoms with van der Waals surface area (Å²) in [4.78, 5) is 17.2. The fraction of sp³-hybridized carbons (Fsp3) is 0.379. The van der Waals surface area contributed by atoms with Crippen molar-refractivity contribution in [1.82, 2.24) is 4.98 Å². The molecule has 0 bridgehead atoms. The monoisotopic (exact) mass is 509 g/mol. The van der Waals surface area contributed by atoms with Gasteiger partial charge < -0.3 is 19.0 Å². The molecule has 0 atom stereocenters. The summed E-state index contributed by atoms with van der Waals surface area (Å²) < 4.78 is 42.5. The number of benzene rings is 2. The number of furan rings is 1. The summed E-state index contributed by atoms with van der Waals surface area (Å²) in [6.45, 7) is 3.10. The van der Waals surface area contributed by atoms with Crippen LogP contribution >= 0.6 is 0 Å². The number of ether oxygens (including phenoxy) is 2. The Morgan fingerprint density at radius 2 is 1.92 bits per heavy atom. The van der Waals surface area contributed by atoms with Crippen LogP contribution in [-0.4, -0.2) is 34.9 Å². The molecule has 0 amide bonds. The van der Waals surface area contributed by atoms with Gasteiger partial charge in [0.15, 0.2) is 5.76 Å². The van der Waals surface area contributed by atoms with Gasteiger partial charge in [0.25, 0.3) is 0 Å². The first kappa shape index (κ1) is 25.1. The van der Waals surface area contributed by atoms with Crippen LogP contribution in [0.5, 0.6) is 5.75 Å². The number of fused-ring (bicyclic) bond motifs is 2. The third kappa shape index (κ3) is 4.90. The maximum absolute atomic E-state index is 12.7. The van der Waals surface area contributed by atoms with E-state index in [1.165, 1.54) is 6.07 Å². The van der Waals surface area contributed by atoms with E-state index in [1.54, 1.807) is 13.0 Å². The lowest BCUT2D eigenvalue weighted by molar-refractivity contribution is -0.214. The Morgan fingerprint density at radius 3 is 2.59 bits per heavy atom. The molecule has 1 aliphatic rings. The minimum Gasteiger partial charge on any atom is -0.493 e. The van der Waals surface area contributed by atoms with Crippen molar-refractivity contribution in [2.24, 2.45) is 5.92 Å². The molecule has 4 aromatic rings. The molecule has 1 fully saturated rings. The van der Waals surface area contributed by atoms with Gasteiger partial charge in [-0.25, -0.2) is 9.78 Å². The molecule has 37 heavy (non-hydrogen) atoms. The molecule has 0 unspecified atom stereocenters. The number of rotatable bonds is 7. The molecule has 194 valence electrons. The molecule has 6 nitrogen and oxygen atoms in total. The fourth-order valence-electron chi connectivity index (χ4n) is 5.26. The van der Waals surface area contributed by atoms with Gasteiger partial charge in [-0.1, -0.05) is 24.3 Å². The molecule has 2 aromatic carbocycles. The number of para-hydroxylation sites is 1. The van der Waals surface area contributed by atoms with E-state index in [4.69, 9.17) is 18.9 Å². The average Bonchev–Trinajstić information content (AvgIpc) is 3.20. The smallest absolute Gasteiger partial charge is 0.345 e. The highest BCUT2D eigenvalue weighted by Gasteiger charge is 2.34. The highest BCUT2D eigenvalue weighted by Crippen LogP contribution is 2.39. The number of carboxylic acid groups (broad SMARTS) is 1. The van der Waals surface area contributed by atoms with E-state index in [0.29, 0.717) is 66.0 Å². The Labute approximate surface area is 213 Å². The van der Waals surface area contributed by atoms with E-state index in [1.807, 2.05) is 44.2 Å². The summed E-state index contributed by atoms with van der Waals surface area (Å²) in [7, 11) is 0. The molecule has 0 radical (unpaired) electrons. The Kier molecular flexibility index (Phi) is 6.62. The van der Waals surface area contributed by atoms with E-state index in [0.717, 1.165) is 16.5 Å². The van der Waals surface area contributed by atoms with Crippen LogP contribution < -0.4 is 4.74 Å². The summed E-state index contributed by atoms with van der Waals surface area (Å²) in [5.41, 5.74) is 2.66. The van der Waals surface area contributed by atoms with Crippen molar-refractivity contribution < 1.29 is 32.6 Å². The highest BCUT2D eigenvalue weighted by atomic mass is 19.3. The normalized spacial score (nSPS) is 20.1. The summed E-state index contributed by atoms with van der Waals surface area (Å²) >= 11 is 0. The van der Waals surface area contributed by atoms with Crippen LogP contribution in [0.1, 0.15) is 54.1 Å². The topological polar surface area (TPSA) is 81.8 Å². The first-order chi connectivity index (χ1) is 17.6. The summed E-state index contributed by atoms with van der Waals surface area (Å²) in [6.07, 6.45) is 2.41. The van der Waals surface area contributed by atoms with Gasteiger partial charge in [0, 0.05) is 10.9 Å². The van der Waals surface area contributed by atoms with Gasteiger partial charge in [0.2, 0.25) is 0 Å².